The van der Waals surface area contributed by atoms with Crippen LogP contribution in [0.15, 0.2) is 24.3 Å². The smallest absolute Gasteiger partial charge is 0.131 e. The predicted molar refractivity (Wildman–Crippen MR) is 99.1 cm³/mol. The molecule has 1 unspecified atom stereocenters. The Morgan fingerprint density at radius 1 is 1.36 bits per heavy atom. The SMILES string of the molecule is Cc1nn(C)c(Cl)c1CN(C)C1CCCN(Cc2ccccc2F)C1. The van der Waals surface area contributed by atoms with E-state index in [4.69, 9.17) is 11.6 Å². The van der Waals surface area contributed by atoms with Crippen molar-refractivity contribution in [3.63, 3.8) is 0 Å². The number of likely N-dealkylation sites (tertiary alicyclic amines) is 1. The maximum Gasteiger partial charge on any atom is 0.131 e. The molecule has 2 aromatic rings. The highest BCUT2D eigenvalue weighted by atomic mass is 35.5. The number of nitrogens with zero attached hydrogens (tertiary/aromatic N) is 4. The minimum Gasteiger partial charge on any atom is -0.298 e. The zero-order valence-corrected chi connectivity index (χ0v) is 15.9. The summed E-state index contributed by atoms with van der Waals surface area (Å²) in [5.74, 6) is -0.115. The largest absolute Gasteiger partial charge is 0.298 e. The first-order valence-electron chi connectivity index (χ1n) is 8.79. The van der Waals surface area contributed by atoms with E-state index in [2.05, 4.69) is 21.9 Å². The maximum atomic E-state index is 13.9. The number of piperidine rings is 1. The molecule has 0 bridgehead atoms. The van der Waals surface area contributed by atoms with Crippen molar-refractivity contribution in [2.24, 2.45) is 7.05 Å². The molecule has 2 heterocycles. The fourth-order valence-corrected chi connectivity index (χ4v) is 3.87. The van der Waals surface area contributed by atoms with Crippen LogP contribution in [0.1, 0.15) is 29.7 Å². The lowest BCUT2D eigenvalue weighted by Gasteiger charge is -2.37. The lowest BCUT2D eigenvalue weighted by atomic mass is 10.0. The number of halogens is 2. The first-order chi connectivity index (χ1) is 12.0. The van der Waals surface area contributed by atoms with E-state index >= 15 is 0 Å². The van der Waals surface area contributed by atoms with Gasteiger partial charge in [-0.1, -0.05) is 29.8 Å². The van der Waals surface area contributed by atoms with E-state index in [1.807, 2.05) is 26.1 Å². The molecule has 0 radical (unpaired) electrons. The fraction of sp³-hybridized carbons (Fsp3) is 0.526. The van der Waals surface area contributed by atoms with Crippen LogP contribution in [0.5, 0.6) is 0 Å². The molecule has 1 aromatic carbocycles. The monoisotopic (exact) mass is 364 g/mol. The molecule has 0 aliphatic carbocycles. The van der Waals surface area contributed by atoms with Gasteiger partial charge in [-0.05, 0) is 39.4 Å². The van der Waals surface area contributed by atoms with Gasteiger partial charge in [-0.15, -0.1) is 0 Å². The first kappa shape index (κ1) is 18.4. The van der Waals surface area contributed by atoms with Gasteiger partial charge in [0.15, 0.2) is 0 Å². The van der Waals surface area contributed by atoms with Gasteiger partial charge in [0, 0.05) is 43.9 Å². The number of benzene rings is 1. The number of aryl methyl sites for hydroxylation is 2. The molecular formula is C19H26ClFN4. The Morgan fingerprint density at radius 2 is 2.12 bits per heavy atom. The van der Waals surface area contributed by atoms with E-state index in [1.54, 1.807) is 10.7 Å². The molecule has 0 spiro atoms. The van der Waals surface area contributed by atoms with Crippen molar-refractivity contribution >= 4 is 11.6 Å². The molecule has 0 N–H and O–H groups in total. The van der Waals surface area contributed by atoms with Gasteiger partial charge in [0.05, 0.1) is 5.69 Å². The quantitative estimate of drug-likeness (QED) is 0.809. The van der Waals surface area contributed by atoms with Crippen molar-refractivity contribution in [2.75, 3.05) is 20.1 Å². The summed E-state index contributed by atoms with van der Waals surface area (Å²) >= 11 is 6.37. The van der Waals surface area contributed by atoms with Crippen molar-refractivity contribution in [2.45, 2.75) is 38.9 Å². The summed E-state index contributed by atoms with van der Waals surface area (Å²) < 4.78 is 15.6. The second-order valence-corrected chi connectivity index (χ2v) is 7.37. The minimum atomic E-state index is -0.115. The lowest BCUT2D eigenvalue weighted by molar-refractivity contribution is 0.106. The first-order valence-corrected chi connectivity index (χ1v) is 9.17. The third kappa shape index (κ3) is 4.22. The van der Waals surface area contributed by atoms with E-state index in [0.717, 1.165) is 49.3 Å². The molecule has 1 atom stereocenters. The number of aromatic nitrogens is 2. The van der Waals surface area contributed by atoms with Crippen LogP contribution in [0, 0.1) is 12.7 Å². The Hall–Kier alpha value is -1.43. The topological polar surface area (TPSA) is 24.3 Å². The van der Waals surface area contributed by atoms with Gasteiger partial charge in [-0.3, -0.25) is 14.5 Å². The molecule has 4 nitrogen and oxygen atoms in total. The van der Waals surface area contributed by atoms with Crippen LogP contribution in [0.4, 0.5) is 4.39 Å². The van der Waals surface area contributed by atoms with Gasteiger partial charge in [0.2, 0.25) is 0 Å². The van der Waals surface area contributed by atoms with Gasteiger partial charge in [0.1, 0.15) is 11.0 Å². The van der Waals surface area contributed by atoms with Gasteiger partial charge in [0.25, 0.3) is 0 Å². The summed E-state index contributed by atoms with van der Waals surface area (Å²) in [6, 6.07) is 7.50. The highest BCUT2D eigenvalue weighted by Gasteiger charge is 2.25. The van der Waals surface area contributed by atoms with Crippen molar-refractivity contribution in [3.8, 4) is 0 Å². The maximum absolute atomic E-state index is 13.9. The zero-order valence-electron chi connectivity index (χ0n) is 15.2. The third-order valence-electron chi connectivity index (χ3n) is 5.13. The summed E-state index contributed by atoms with van der Waals surface area (Å²) in [4.78, 5) is 4.70. The summed E-state index contributed by atoms with van der Waals surface area (Å²) in [6.07, 6.45) is 2.28. The molecule has 1 fully saturated rings. The third-order valence-corrected chi connectivity index (χ3v) is 5.61. The van der Waals surface area contributed by atoms with Gasteiger partial charge in [-0.2, -0.15) is 5.10 Å². The van der Waals surface area contributed by atoms with Gasteiger partial charge >= 0.3 is 0 Å². The van der Waals surface area contributed by atoms with Gasteiger partial charge in [-0.25, -0.2) is 4.39 Å². The summed E-state index contributed by atoms with van der Waals surface area (Å²) in [5.41, 5.74) is 2.85. The summed E-state index contributed by atoms with van der Waals surface area (Å²) in [5, 5.41) is 5.11. The van der Waals surface area contributed by atoms with Crippen LogP contribution < -0.4 is 0 Å². The van der Waals surface area contributed by atoms with Crippen LogP contribution in [0.2, 0.25) is 5.15 Å². The van der Waals surface area contributed by atoms with Crippen LogP contribution in [0.25, 0.3) is 0 Å². The molecule has 0 saturated carbocycles. The molecule has 6 heteroatoms. The average molecular weight is 365 g/mol. The van der Waals surface area contributed by atoms with Gasteiger partial charge < -0.3 is 0 Å². The molecule has 3 rings (SSSR count). The Kier molecular flexibility index (Phi) is 5.77. The van der Waals surface area contributed by atoms with Crippen molar-refractivity contribution in [3.05, 3.63) is 52.1 Å². The number of likely N-dealkylation sites (N-methyl/N-ethyl adjacent to an activating group) is 1. The second-order valence-electron chi connectivity index (χ2n) is 7.02. The van der Waals surface area contributed by atoms with E-state index in [1.165, 1.54) is 6.07 Å². The molecule has 136 valence electrons. The standard InChI is InChI=1S/C19H26ClFN4/c1-14-17(19(20)24(3)22-14)13-23(2)16-8-6-10-25(12-16)11-15-7-4-5-9-18(15)21/h4-5,7,9,16H,6,8,10-13H2,1-3H3. The normalized spacial score (nSPS) is 18.9. The number of hydrogen-bond donors (Lipinski definition) is 0. The fourth-order valence-electron chi connectivity index (χ4n) is 3.63. The zero-order chi connectivity index (χ0) is 18.0. The highest BCUT2D eigenvalue weighted by Crippen LogP contribution is 2.24. The van der Waals surface area contributed by atoms with E-state index in [0.29, 0.717) is 17.7 Å². The van der Waals surface area contributed by atoms with E-state index < -0.39 is 0 Å². The molecule has 1 aliphatic heterocycles. The molecular weight excluding hydrogens is 339 g/mol. The second kappa shape index (κ2) is 7.85. The number of hydrogen-bond acceptors (Lipinski definition) is 3. The Balaban J connectivity index is 1.63. The van der Waals surface area contributed by atoms with Crippen molar-refractivity contribution in [1.29, 1.82) is 0 Å². The van der Waals surface area contributed by atoms with Crippen molar-refractivity contribution in [1.82, 2.24) is 19.6 Å². The van der Waals surface area contributed by atoms with Crippen LogP contribution in [0.3, 0.4) is 0 Å². The molecule has 1 aromatic heterocycles. The molecule has 1 aliphatic rings. The average Bonchev–Trinajstić information content (AvgIpc) is 2.83. The summed E-state index contributed by atoms with van der Waals surface area (Å²) in [7, 11) is 4.01. The molecule has 0 amide bonds. The Morgan fingerprint density at radius 3 is 2.80 bits per heavy atom. The van der Waals surface area contributed by atoms with Crippen molar-refractivity contribution < 1.29 is 4.39 Å². The van der Waals surface area contributed by atoms with E-state index in [9.17, 15) is 4.39 Å². The molecule has 25 heavy (non-hydrogen) atoms. The Labute approximate surface area is 154 Å². The van der Waals surface area contributed by atoms with Crippen LogP contribution in [-0.4, -0.2) is 45.8 Å². The lowest BCUT2D eigenvalue weighted by Crippen LogP contribution is -2.45. The highest BCUT2D eigenvalue weighted by molar-refractivity contribution is 6.30. The number of rotatable bonds is 5. The van der Waals surface area contributed by atoms with E-state index in [-0.39, 0.29) is 5.82 Å². The molecule has 1 saturated heterocycles. The van der Waals surface area contributed by atoms with Crippen LogP contribution in [-0.2, 0) is 20.1 Å². The summed E-state index contributed by atoms with van der Waals surface area (Å²) in [6.45, 7) is 5.42. The van der Waals surface area contributed by atoms with Crippen LogP contribution >= 0.6 is 11.6 Å². The Bertz CT molecular complexity index is 730. The minimum absolute atomic E-state index is 0.115. The predicted octanol–water partition coefficient (Wildman–Crippen LogP) is 3.62.